The van der Waals surface area contributed by atoms with Gasteiger partial charge >= 0.3 is 0 Å². The molecule has 0 aliphatic heterocycles. The molecule has 0 radical (unpaired) electrons. The molecule has 3 nitrogen and oxygen atoms in total. The highest BCUT2D eigenvalue weighted by atomic mass is 19.1. The molecule has 1 N–H and O–H groups in total. The number of aromatic nitrogens is 2. The molecule has 0 spiro atoms. The van der Waals surface area contributed by atoms with Crippen LogP contribution in [0.3, 0.4) is 0 Å². The first kappa shape index (κ1) is 10.8. The summed E-state index contributed by atoms with van der Waals surface area (Å²) in [6.45, 7) is 0. The number of aliphatic hydroxyl groups is 1. The molecule has 1 unspecified atom stereocenters. The van der Waals surface area contributed by atoms with Crippen LogP contribution in [0.1, 0.15) is 17.2 Å². The predicted octanol–water partition coefficient (Wildman–Crippen LogP) is 1.78. The van der Waals surface area contributed by atoms with E-state index in [4.69, 9.17) is 0 Å². The number of hydrogen-bond donors (Lipinski definition) is 1. The van der Waals surface area contributed by atoms with E-state index in [1.54, 1.807) is 13.2 Å². The van der Waals surface area contributed by atoms with Gasteiger partial charge in [-0.3, -0.25) is 4.68 Å². The molecule has 84 valence electrons. The third-order valence-electron chi connectivity index (χ3n) is 2.30. The summed E-state index contributed by atoms with van der Waals surface area (Å²) < 4.78 is 27.5. The summed E-state index contributed by atoms with van der Waals surface area (Å²) in [7, 11) is 1.69. The Kier molecular flexibility index (Phi) is 2.70. The maximum Gasteiger partial charge on any atom is 0.132 e. The summed E-state index contributed by atoms with van der Waals surface area (Å²) in [4.78, 5) is 0. The van der Waals surface area contributed by atoms with Crippen molar-refractivity contribution in [2.24, 2.45) is 7.05 Å². The minimum Gasteiger partial charge on any atom is -0.383 e. The third-order valence-corrected chi connectivity index (χ3v) is 2.30. The van der Waals surface area contributed by atoms with Gasteiger partial charge in [-0.15, -0.1) is 0 Å². The molecule has 16 heavy (non-hydrogen) atoms. The fourth-order valence-corrected chi connectivity index (χ4v) is 1.48. The maximum atomic E-state index is 13.4. The van der Waals surface area contributed by atoms with Crippen LogP contribution in [-0.4, -0.2) is 14.9 Å². The number of nitrogens with zero attached hydrogens (tertiary/aromatic N) is 2. The lowest BCUT2D eigenvalue weighted by Gasteiger charge is -2.09. The van der Waals surface area contributed by atoms with Crippen molar-refractivity contribution < 1.29 is 13.9 Å². The number of aliphatic hydroxyl groups excluding tert-OH is 1. The van der Waals surface area contributed by atoms with Gasteiger partial charge in [0, 0.05) is 30.4 Å². The predicted molar refractivity (Wildman–Crippen MR) is 53.6 cm³/mol. The molecule has 2 aromatic rings. The molecule has 1 aromatic heterocycles. The summed E-state index contributed by atoms with van der Waals surface area (Å²) in [6.07, 6.45) is 1.88. The smallest absolute Gasteiger partial charge is 0.132 e. The molecule has 1 atom stereocenters. The van der Waals surface area contributed by atoms with Gasteiger partial charge in [-0.25, -0.2) is 8.78 Å². The van der Waals surface area contributed by atoms with Crippen LogP contribution in [-0.2, 0) is 7.05 Å². The Morgan fingerprint density at radius 1 is 1.38 bits per heavy atom. The molecule has 0 bridgehead atoms. The zero-order valence-corrected chi connectivity index (χ0v) is 8.56. The number of rotatable bonds is 2. The number of aryl methyl sites for hydroxylation is 1. The van der Waals surface area contributed by atoms with Crippen molar-refractivity contribution in [3.63, 3.8) is 0 Å². The van der Waals surface area contributed by atoms with Crippen molar-refractivity contribution in [3.05, 3.63) is 53.4 Å². The average molecular weight is 224 g/mol. The molecule has 0 aliphatic carbocycles. The second-order valence-electron chi connectivity index (χ2n) is 3.52. The van der Waals surface area contributed by atoms with Crippen LogP contribution in [0.2, 0.25) is 0 Å². The number of halogens is 2. The van der Waals surface area contributed by atoms with Gasteiger partial charge in [-0.1, -0.05) is 6.07 Å². The van der Waals surface area contributed by atoms with Crippen molar-refractivity contribution in [1.29, 1.82) is 0 Å². The van der Waals surface area contributed by atoms with E-state index in [2.05, 4.69) is 5.10 Å². The molecule has 0 aliphatic rings. The van der Waals surface area contributed by atoms with Crippen LogP contribution in [0.5, 0.6) is 0 Å². The molecule has 0 amide bonds. The summed E-state index contributed by atoms with van der Waals surface area (Å²) in [5.41, 5.74) is 0.502. The zero-order valence-electron chi connectivity index (χ0n) is 8.56. The van der Waals surface area contributed by atoms with Gasteiger partial charge in [0.1, 0.15) is 17.7 Å². The lowest BCUT2D eigenvalue weighted by molar-refractivity contribution is 0.214. The van der Waals surface area contributed by atoms with Gasteiger partial charge < -0.3 is 5.11 Å². The molecule has 0 saturated carbocycles. The summed E-state index contributed by atoms with van der Waals surface area (Å²) >= 11 is 0. The second-order valence-corrected chi connectivity index (χ2v) is 3.52. The summed E-state index contributed by atoms with van der Waals surface area (Å²) in [5.74, 6) is -1.43. The first-order valence-corrected chi connectivity index (χ1v) is 4.69. The highest BCUT2D eigenvalue weighted by Gasteiger charge is 2.16. The molecule has 2 rings (SSSR count). The van der Waals surface area contributed by atoms with E-state index in [1.165, 1.54) is 16.9 Å². The summed E-state index contributed by atoms with van der Waals surface area (Å²) in [5, 5.41) is 13.7. The van der Waals surface area contributed by atoms with Gasteiger partial charge in [-0.2, -0.15) is 5.10 Å². The van der Waals surface area contributed by atoms with Gasteiger partial charge in [0.2, 0.25) is 0 Å². The largest absolute Gasteiger partial charge is 0.383 e. The van der Waals surface area contributed by atoms with Crippen molar-refractivity contribution in [3.8, 4) is 0 Å². The SMILES string of the molecule is Cn1cc(C(O)c2ccc(F)cc2F)cn1. The minimum atomic E-state index is -1.13. The lowest BCUT2D eigenvalue weighted by atomic mass is 10.0. The fourth-order valence-electron chi connectivity index (χ4n) is 1.48. The van der Waals surface area contributed by atoms with E-state index < -0.39 is 17.7 Å². The van der Waals surface area contributed by atoms with E-state index in [0.29, 0.717) is 5.56 Å². The van der Waals surface area contributed by atoms with E-state index in [9.17, 15) is 13.9 Å². The Bertz CT molecular complexity index is 510. The van der Waals surface area contributed by atoms with Crippen LogP contribution in [0, 0.1) is 11.6 Å². The lowest BCUT2D eigenvalue weighted by Crippen LogP contribution is -2.02. The molecule has 0 fully saturated rings. The van der Waals surface area contributed by atoms with Gasteiger partial charge in [-0.05, 0) is 6.07 Å². The first-order chi connectivity index (χ1) is 7.58. The Morgan fingerprint density at radius 2 is 2.12 bits per heavy atom. The van der Waals surface area contributed by atoms with E-state index >= 15 is 0 Å². The quantitative estimate of drug-likeness (QED) is 0.844. The van der Waals surface area contributed by atoms with E-state index in [1.807, 2.05) is 0 Å². The van der Waals surface area contributed by atoms with Crippen LogP contribution in [0.4, 0.5) is 8.78 Å². The molecule has 0 saturated heterocycles. The van der Waals surface area contributed by atoms with Crippen LogP contribution in [0.15, 0.2) is 30.6 Å². The van der Waals surface area contributed by atoms with Crippen molar-refractivity contribution in [1.82, 2.24) is 9.78 Å². The molecule has 1 heterocycles. The minimum absolute atomic E-state index is 0.0365. The van der Waals surface area contributed by atoms with Crippen LogP contribution >= 0.6 is 0 Å². The Morgan fingerprint density at radius 3 is 2.69 bits per heavy atom. The molecular formula is C11H10F2N2O. The summed E-state index contributed by atoms with van der Waals surface area (Å²) in [6, 6.07) is 3.08. The highest BCUT2D eigenvalue weighted by Crippen LogP contribution is 2.24. The Hall–Kier alpha value is -1.75. The Balaban J connectivity index is 2.37. The van der Waals surface area contributed by atoms with Gasteiger partial charge in [0.05, 0.1) is 6.20 Å². The van der Waals surface area contributed by atoms with Gasteiger partial charge in [0.15, 0.2) is 0 Å². The zero-order chi connectivity index (χ0) is 11.7. The second kappa shape index (κ2) is 4.02. The van der Waals surface area contributed by atoms with Crippen LogP contribution in [0.25, 0.3) is 0 Å². The standard InChI is InChI=1S/C11H10F2N2O/c1-15-6-7(5-14-15)11(16)9-3-2-8(12)4-10(9)13/h2-6,11,16H,1H3. The van der Waals surface area contributed by atoms with Crippen molar-refractivity contribution >= 4 is 0 Å². The highest BCUT2D eigenvalue weighted by molar-refractivity contribution is 5.28. The number of hydrogen-bond acceptors (Lipinski definition) is 2. The third kappa shape index (κ3) is 1.94. The monoisotopic (exact) mass is 224 g/mol. The van der Waals surface area contributed by atoms with Crippen LogP contribution < -0.4 is 0 Å². The molecule has 1 aromatic carbocycles. The van der Waals surface area contributed by atoms with Crippen molar-refractivity contribution in [2.75, 3.05) is 0 Å². The topological polar surface area (TPSA) is 38.0 Å². The molecular weight excluding hydrogens is 214 g/mol. The van der Waals surface area contributed by atoms with E-state index in [-0.39, 0.29) is 5.56 Å². The average Bonchev–Trinajstić information content (AvgIpc) is 2.64. The first-order valence-electron chi connectivity index (χ1n) is 4.69. The van der Waals surface area contributed by atoms with Crippen molar-refractivity contribution in [2.45, 2.75) is 6.10 Å². The van der Waals surface area contributed by atoms with E-state index in [0.717, 1.165) is 12.1 Å². The Labute approximate surface area is 91.0 Å². The fraction of sp³-hybridized carbons (Fsp3) is 0.182. The molecule has 5 heteroatoms. The number of benzene rings is 1. The maximum absolute atomic E-state index is 13.4. The normalized spacial score (nSPS) is 12.8. The van der Waals surface area contributed by atoms with Gasteiger partial charge in [0.25, 0.3) is 0 Å².